The molecule has 3 aromatic rings. The molecule has 0 radical (unpaired) electrons. The van der Waals surface area contributed by atoms with Crippen molar-refractivity contribution >= 4 is 11.6 Å². The fourth-order valence-electron chi connectivity index (χ4n) is 3.63. The van der Waals surface area contributed by atoms with Crippen LogP contribution in [0.15, 0.2) is 48.8 Å². The SMILES string of the molecule is CCN1C[C@@H](NC(=O)c2ccc3nc(-c4ccc(F)cc4)cn3c2)[C@H](OC)C1. The van der Waals surface area contributed by atoms with Gasteiger partial charge in [-0.15, -0.1) is 0 Å². The maximum Gasteiger partial charge on any atom is 0.253 e. The molecule has 0 unspecified atom stereocenters. The van der Waals surface area contributed by atoms with Gasteiger partial charge in [0.25, 0.3) is 5.91 Å². The third-order valence-electron chi connectivity index (χ3n) is 5.26. The van der Waals surface area contributed by atoms with Crippen LogP contribution >= 0.6 is 0 Å². The van der Waals surface area contributed by atoms with Gasteiger partial charge >= 0.3 is 0 Å². The van der Waals surface area contributed by atoms with Gasteiger partial charge in [-0.25, -0.2) is 9.37 Å². The molecular weight excluding hydrogens is 359 g/mol. The number of benzene rings is 1. The van der Waals surface area contributed by atoms with Crippen LogP contribution in [0.1, 0.15) is 17.3 Å². The number of likely N-dealkylation sites (tertiary alicyclic amines) is 1. The molecule has 1 aromatic carbocycles. The topological polar surface area (TPSA) is 58.9 Å². The summed E-state index contributed by atoms with van der Waals surface area (Å²) in [4.78, 5) is 19.6. The van der Waals surface area contributed by atoms with E-state index in [9.17, 15) is 9.18 Å². The van der Waals surface area contributed by atoms with Crippen molar-refractivity contribution in [2.75, 3.05) is 26.7 Å². The second kappa shape index (κ2) is 7.69. The largest absolute Gasteiger partial charge is 0.378 e. The molecule has 6 nitrogen and oxygen atoms in total. The quantitative estimate of drug-likeness (QED) is 0.737. The zero-order valence-corrected chi connectivity index (χ0v) is 15.9. The third-order valence-corrected chi connectivity index (χ3v) is 5.26. The van der Waals surface area contributed by atoms with E-state index < -0.39 is 0 Å². The molecule has 0 aliphatic carbocycles. The van der Waals surface area contributed by atoms with E-state index >= 15 is 0 Å². The first-order chi connectivity index (χ1) is 13.6. The van der Waals surface area contributed by atoms with Gasteiger partial charge in [0.05, 0.1) is 23.4 Å². The number of carbonyl (C=O) groups is 1. The summed E-state index contributed by atoms with van der Waals surface area (Å²) >= 11 is 0. The molecule has 1 N–H and O–H groups in total. The van der Waals surface area contributed by atoms with E-state index in [0.717, 1.165) is 36.5 Å². The van der Waals surface area contributed by atoms with Crippen molar-refractivity contribution in [3.8, 4) is 11.3 Å². The monoisotopic (exact) mass is 382 g/mol. The molecule has 1 aliphatic heterocycles. The Morgan fingerprint density at radius 3 is 2.71 bits per heavy atom. The minimum Gasteiger partial charge on any atom is -0.378 e. The first-order valence-electron chi connectivity index (χ1n) is 9.38. The molecule has 7 heteroatoms. The fraction of sp³-hybridized carbons (Fsp3) is 0.333. The summed E-state index contributed by atoms with van der Waals surface area (Å²) in [6, 6.07) is 9.73. The van der Waals surface area contributed by atoms with Crippen LogP contribution < -0.4 is 5.32 Å². The van der Waals surface area contributed by atoms with E-state index in [-0.39, 0.29) is 23.9 Å². The highest BCUT2D eigenvalue weighted by molar-refractivity contribution is 5.94. The van der Waals surface area contributed by atoms with Crippen LogP contribution in [0, 0.1) is 5.82 Å². The van der Waals surface area contributed by atoms with Gasteiger partial charge in [0.15, 0.2) is 0 Å². The molecule has 1 saturated heterocycles. The van der Waals surface area contributed by atoms with Gasteiger partial charge in [0.2, 0.25) is 0 Å². The maximum atomic E-state index is 13.1. The van der Waals surface area contributed by atoms with Crippen LogP contribution in [0.25, 0.3) is 16.9 Å². The molecule has 0 spiro atoms. The third kappa shape index (κ3) is 3.63. The van der Waals surface area contributed by atoms with Crippen LogP contribution in [0.4, 0.5) is 4.39 Å². The van der Waals surface area contributed by atoms with Crippen LogP contribution in [0.5, 0.6) is 0 Å². The molecule has 0 saturated carbocycles. The number of hydrogen-bond acceptors (Lipinski definition) is 4. The van der Waals surface area contributed by atoms with E-state index in [4.69, 9.17) is 4.74 Å². The smallest absolute Gasteiger partial charge is 0.253 e. The lowest BCUT2D eigenvalue weighted by atomic mass is 10.2. The zero-order chi connectivity index (χ0) is 19.7. The number of halogens is 1. The van der Waals surface area contributed by atoms with Crippen molar-refractivity contribution < 1.29 is 13.9 Å². The lowest BCUT2D eigenvalue weighted by molar-refractivity contribution is 0.0762. The van der Waals surface area contributed by atoms with Crippen molar-refractivity contribution in [1.82, 2.24) is 19.6 Å². The number of nitrogens with one attached hydrogen (secondary N) is 1. The predicted octanol–water partition coefficient (Wildman–Crippen LogP) is 2.59. The van der Waals surface area contributed by atoms with Crippen molar-refractivity contribution in [3.05, 3.63) is 60.2 Å². The average molecular weight is 382 g/mol. The van der Waals surface area contributed by atoms with Crippen molar-refractivity contribution in [2.45, 2.75) is 19.1 Å². The number of imidazole rings is 1. The van der Waals surface area contributed by atoms with Crippen LogP contribution in [0.2, 0.25) is 0 Å². The highest BCUT2D eigenvalue weighted by atomic mass is 19.1. The van der Waals surface area contributed by atoms with Crippen LogP contribution in [0.3, 0.4) is 0 Å². The minimum absolute atomic E-state index is 0.00838. The van der Waals surface area contributed by atoms with Gasteiger partial charge in [-0.3, -0.25) is 9.69 Å². The Hall–Kier alpha value is -2.77. The number of methoxy groups -OCH3 is 1. The summed E-state index contributed by atoms with van der Waals surface area (Å²) < 4.78 is 20.5. The van der Waals surface area contributed by atoms with Crippen molar-refractivity contribution in [2.24, 2.45) is 0 Å². The number of rotatable bonds is 5. The van der Waals surface area contributed by atoms with Crippen molar-refractivity contribution in [1.29, 1.82) is 0 Å². The molecular formula is C21H23FN4O2. The lowest BCUT2D eigenvalue weighted by Crippen LogP contribution is -2.43. The summed E-state index contributed by atoms with van der Waals surface area (Å²) in [6.07, 6.45) is 3.59. The number of amides is 1. The maximum absolute atomic E-state index is 13.1. The lowest BCUT2D eigenvalue weighted by Gasteiger charge is -2.18. The van der Waals surface area contributed by atoms with E-state index in [2.05, 4.69) is 22.1 Å². The summed E-state index contributed by atoms with van der Waals surface area (Å²) in [5.41, 5.74) is 2.83. The van der Waals surface area contributed by atoms with Gasteiger partial charge in [-0.1, -0.05) is 6.92 Å². The molecule has 4 rings (SSSR count). The Morgan fingerprint density at radius 2 is 2.00 bits per heavy atom. The van der Waals surface area contributed by atoms with Gasteiger partial charge in [-0.05, 0) is 42.9 Å². The Morgan fingerprint density at radius 1 is 1.21 bits per heavy atom. The van der Waals surface area contributed by atoms with Crippen LogP contribution in [-0.4, -0.2) is 59.1 Å². The number of fused-ring (bicyclic) bond motifs is 1. The average Bonchev–Trinajstić information content (AvgIpc) is 3.31. The number of likely N-dealkylation sites (N-methyl/N-ethyl adjacent to an activating group) is 1. The number of pyridine rings is 1. The van der Waals surface area contributed by atoms with E-state index in [1.54, 1.807) is 31.5 Å². The molecule has 0 bridgehead atoms. The van der Waals surface area contributed by atoms with E-state index in [0.29, 0.717) is 5.56 Å². The highest BCUT2D eigenvalue weighted by Gasteiger charge is 2.33. The first-order valence-corrected chi connectivity index (χ1v) is 9.38. The summed E-state index contributed by atoms with van der Waals surface area (Å²) in [5.74, 6) is -0.418. The zero-order valence-electron chi connectivity index (χ0n) is 15.9. The number of hydrogen-bond donors (Lipinski definition) is 1. The molecule has 3 heterocycles. The molecule has 2 aromatic heterocycles. The molecule has 1 aliphatic rings. The Kier molecular flexibility index (Phi) is 5.11. The normalized spacial score (nSPS) is 20.0. The van der Waals surface area contributed by atoms with E-state index in [1.807, 2.05) is 16.7 Å². The van der Waals surface area contributed by atoms with Gasteiger partial charge in [-0.2, -0.15) is 0 Å². The summed E-state index contributed by atoms with van der Waals surface area (Å²) in [6.45, 7) is 4.63. The highest BCUT2D eigenvalue weighted by Crippen LogP contribution is 2.20. The molecule has 1 amide bonds. The first kappa shape index (κ1) is 18.6. The molecule has 1 fully saturated rings. The minimum atomic E-state index is -0.283. The number of ether oxygens (including phenoxy) is 1. The van der Waals surface area contributed by atoms with E-state index in [1.165, 1.54) is 12.1 Å². The van der Waals surface area contributed by atoms with Crippen LogP contribution in [-0.2, 0) is 4.74 Å². The molecule has 2 atom stereocenters. The second-order valence-corrected chi connectivity index (χ2v) is 7.02. The Bertz CT molecular complexity index is 986. The number of nitrogens with zero attached hydrogens (tertiary/aromatic N) is 3. The summed E-state index contributed by atoms with van der Waals surface area (Å²) in [7, 11) is 1.68. The van der Waals surface area contributed by atoms with Gasteiger partial charge < -0.3 is 14.5 Å². The Labute approximate surface area is 162 Å². The fourth-order valence-corrected chi connectivity index (χ4v) is 3.63. The molecule has 146 valence electrons. The summed E-state index contributed by atoms with van der Waals surface area (Å²) in [5, 5.41) is 3.09. The van der Waals surface area contributed by atoms with Crippen molar-refractivity contribution in [3.63, 3.8) is 0 Å². The predicted molar refractivity (Wildman–Crippen MR) is 105 cm³/mol. The van der Waals surface area contributed by atoms with Gasteiger partial charge in [0.1, 0.15) is 11.5 Å². The standard InChI is InChI=1S/C21H23FN4O2/c1-3-25-11-18(19(13-25)28-2)24-21(27)15-6-9-20-23-17(12-26(20)10-15)14-4-7-16(22)8-5-14/h4-10,12,18-19H,3,11,13H2,1-2H3,(H,24,27)/t18-,19-/m1/s1. The van der Waals surface area contributed by atoms with Gasteiger partial charge in [0, 0.05) is 38.2 Å². The number of carbonyl (C=O) groups excluding carboxylic acids is 1. The Balaban J connectivity index is 1.54. The molecule has 28 heavy (non-hydrogen) atoms. The number of aromatic nitrogens is 2. The second-order valence-electron chi connectivity index (χ2n) is 7.02.